The molecule has 4 aliphatic rings. The molecule has 10 atom stereocenters. The summed E-state index contributed by atoms with van der Waals surface area (Å²) in [6.45, 7) is 13.3. The van der Waals surface area contributed by atoms with Gasteiger partial charge in [-0.15, -0.1) is 0 Å². The molecule has 0 aliphatic heterocycles. The third kappa shape index (κ3) is 4.14. The van der Waals surface area contributed by atoms with Crippen LogP contribution >= 0.6 is 0 Å². The number of rotatable bonds is 6. The van der Waals surface area contributed by atoms with Gasteiger partial charge in [0.25, 0.3) is 0 Å². The lowest BCUT2D eigenvalue weighted by molar-refractivity contribution is -0.148. The molecule has 4 aliphatic carbocycles. The summed E-state index contributed by atoms with van der Waals surface area (Å²) in [4.78, 5) is 12.0. The van der Waals surface area contributed by atoms with Gasteiger partial charge in [0.2, 0.25) is 0 Å². The lowest BCUT2D eigenvalue weighted by atomic mass is 9.42. The molecule has 0 saturated heterocycles. The molecular weight excluding hydrogens is 412 g/mol. The fraction of sp³-hybridized carbons (Fsp3) is 0.828. The first kappa shape index (κ1) is 25.0. The highest BCUT2D eigenvalue weighted by molar-refractivity contribution is 5.69. The molecule has 4 heteroatoms. The molecule has 4 nitrogen and oxygen atoms in total. The minimum Gasteiger partial charge on any atom is -0.461 e. The number of hydrogen-bond donors (Lipinski definition) is 2. The Labute approximate surface area is 200 Å². The summed E-state index contributed by atoms with van der Waals surface area (Å²) in [6, 6.07) is 0. The predicted molar refractivity (Wildman–Crippen MR) is 131 cm³/mol. The van der Waals surface area contributed by atoms with E-state index < -0.39 is 0 Å². The zero-order valence-electron chi connectivity index (χ0n) is 21.3. The van der Waals surface area contributed by atoms with Crippen molar-refractivity contribution in [3.8, 4) is 0 Å². The molecule has 0 spiro atoms. The van der Waals surface area contributed by atoms with E-state index in [1.54, 1.807) is 6.08 Å². The van der Waals surface area contributed by atoms with Crippen LogP contribution in [0.2, 0.25) is 0 Å². The van der Waals surface area contributed by atoms with Crippen molar-refractivity contribution < 1.29 is 19.7 Å². The number of allylic oxidation sites excluding steroid dienone is 1. The van der Waals surface area contributed by atoms with Crippen molar-refractivity contribution in [1.82, 2.24) is 0 Å². The van der Waals surface area contributed by atoms with Crippen LogP contribution in [0.3, 0.4) is 0 Å². The fourth-order valence-electron chi connectivity index (χ4n) is 9.22. The van der Waals surface area contributed by atoms with Crippen LogP contribution in [0, 0.1) is 46.3 Å². The molecule has 2 N–H and O–H groups in total. The number of hydrogen-bond acceptors (Lipinski definition) is 4. The van der Waals surface area contributed by atoms with Crippen LogP contribution in [0.4, 0.5) is 0 Å². The van der Waals surface area contributed by atoms with E-state index in [9.17, 15) is 15.0 Å². The van der Waals surface area contributed by atoms with Gasteiger partial charge < -0.3 is 14.9 Å². The van der Waals surface area contributed by atoms with Gasteiger partial charge in [0, 0.05) is 6.42 Å². The first-order chi connectivity index (χ1) is 15.7. The number of aliphatic hydroxyl groups excluding tert-OH is 2. The maximum atomic E-state index is 12.0. The Kier molecular flexibility index (Phi) is 7.18. The van der Waals surface area contributed by atoms with Gasteiger partial charge in [-0.1, -0.05) is 39.5 Å². The zero-order chi connectivity index (χ0) is 24.0. The molecular formula is C29H46O4. The summed E-state index contributed by atoms with van der Waals surface area (Å²) in [5, 5.41) is 22.2. The predicted octanol–water partition coefficient (Wildman–Crippen LogP) is 5.68. The van der Waals surface area contributed by atoms with Crippen molar-refractivity contribution in [2.75, 3.05) is 6.61 Å². The fourth-order valence-corrected chi connectivity index (χ4v) is 9.22. The third-order valence-electron chi connectivity index (χ3n) is 10.9. The summed E-state index contributed by atoms with van der Waals surface area (Å²) in [6.07, 6.45) is 12.1. The number of carbonyl (C=O) groups is 1. The van der Waals surface area contributed by atoms with Crippen molar-refractivity contribution in [2.45, 2.75) is 97.7 Å². The minimum absolute atomic E-state index is 0.121. The summed E-state index contributed by atoms with van der Waals surface area (Å²) >= 11 is 0. The molecule has 1 unspecified atom stereocenters. The standard InChI is InChI=1S/C29H46O4/c1-6-16-33-25(31)11-8-18(3)21-9-10-22-26-23(13-15-28(21,22)4)29(5)14-12-19(30)17-24(29)20(7-2)27(26)32/h6-7,18-19,21-24,26-27,30,32H,1,8-17H2,2-5H3/t18-,19-,21-,22+,23+,24?,26+,27-,28-,29-/m1/s1. The maximum absolute atomic E-state index is 12.0. The Morgan fingerprint density at radius 1 is 1.15 bits per heavy atom. The first-order valence-electron chi connectivity index (χ1n) is 13.5. The minimum atomic E-state index is -0.379. The zero-order valence-corrected chi connectivity index (χ0v) is 21.3. The molecule has 0 radical (unpaired) electrons. The number of esters is 1. The highest BCUT2D eigenvalue weighted by Gasteiger charge is 2.63. The molecule has 0 bridgehead atoms. The topological polar surface area (TPSA) is 66.8 Å². The van der Waals surface area contributed by atoms with Gasteiger partial charge in [-0.05, 0) is 110 Å². The molecule has 186 valence electrons. The smallest absolute Gasteiger partial charge is 0.306 e. The number of aliphatic hydroxyl groups is 2. The number of fused-ring (bicyclic) bond motifs is 5. The Morgan fingerprint density at radius 3 is 2.55 bits per heavy atom. The van der Waals surface area contributed by atoms with E-state index in [4.69, 9.17) is 4.74 Å². The summed E-state index contributed by atoms with van der Waals surface area (Å²) in [5.41, 5.74) is 1.61. The second-order valence-corrected chi connectivity index (χ2v) is 12.2. The van der Waals surface area contributed by atoms with Gasteiger partial charge in [0.15, 0.2) is 0 Å². The lowest BCUT2D eigenvalue weighted by Crippen LogP contribution is -2.59. The van der Waals surface area contributed by atoms with Crippen LogP contribution in [0.15, 0.2) is 24.3 Å². The van der Waals surface area contributed by atoms with Crippen LogP contribution in [0.25, 0.3) is 0 Å². The van der Waals surface area contributed by atoms with E-state index in [0.717, 1.165) is 25.7 Å². The van der Waals surface area contributed by atoms with Crippen LogP contribution in [-0.4, -0.2) is 35.0 Å². The van der Waals surface area contributed by atoms with Gasteiger partial charge in [0.1, 0.15) is 6.61 Å². The lowest BCUT2D eigenvalue weighted by Gasteiger charge is -2.63. The molecule has 0 aromatic carbocycles. The molecule has 0 amide bonds. The van der Waals surface area contributed by atoms with Gasteiger partial charge in [0.05, 0.1) is 12.2 Å². The van der Waals surface area contributed by atoms with E-state index in [1.165, 1.54) is 31.3 Å². The molecule has 4 rings (SSSR count). The quantitative estimate of drug-likeness (QED) is 0.397. The normalized spacial score (nSPS) is 46.7. The monoisotopic (exact) mass is 458 g/mol. The van der Waals surface area contributed by atoms with E-state index in [0.29, 0.717) is 48.5 Å². The van der Waals surface area contributed by atoms with E-state index in [2.05, 4.69) is 40.3 Å². The van der Waals surface area contributed by atoms with E-state index in [-0.39, 0.29) is 29.0 Å². The SMILES string of the molecule is C=CCOC(=O)CC[C@@H](C)[C@H]1CC[C@H]2[C@@H]3[C@H](O)C(=CC)C4C[C@H](O)CC[C@]4(C)[C@H]3CC[C@]12C. The molecule has 33 heavy (non-hydrogen) atoms. The van der Waals surface area contributed by atoms with Gasteiger partial charge in [-0.25, -0.2) is 0 Å². The Bertz CT molecular complexity index is 774. The molecule has 0 heterocycles. The van der Waals surface area contributed by atoms with Gasteiger partial charge >= 0.3 is 5.97 Å². The van der Waals surface area contributed by atoms with Gasteiger partial charge in [-0.2, -0.15) is 0 Å². The summed E-state index contributed by atoms with van der Waals surface area (Å²) in [7, 11) is 0. The van der Waals surface area contributed by atoms with E-state index >= 15 is 0 Å². The van der Waals surface area contributed by atoms with Crippen LogP contribution in [0.1, 0.15) is 85.5 Å². The molecule has 0 aromatic rings. The maximum Gasteiger partial charge on any atom is 0.306 e. The van der Waals surface area contributed by atoms with Crippen LogP contribution in [-0.2, 0) is 9.53 Å². The average Bonchev–Trinajstić information content (AvgIpc) is 3.14. The first-order valence-corrected chi connectivity index (χ1v) is 13.5. The largest absolute Gasteiger partial charge is 0.461 e. The van der Waals surface area contributed by atoms with Crippen LogP contribution < -0.4 is 0 Å². The van der Waals surface area contributed by atoms with Crippen LogP contribution in [0.5, 0.6) is 0 Å². The Hall–Kier alpha value is -1.13. The summed E-state index contributed by atoms with van der Waals surface area (Å²) in [5.74, 6) is 2.65. The second kappa shape index (κ2) is 9.49. The van der Waals surface area contributed by atoms with Crippen molar-refractivity contribution in [2.24, 2.45) is 46.3 Å². The molecule has 0 aromatic heterocycles. The molecule has 4 fully saturated rings. The van der Waals surface area contributed by atoms with Crippen molar-refractivity contribution in [3.05, 3.63) is 24.3 Å². The molecule has 4 saturated carbocycles. The second-order valence-electron chi connectivity index (χ2n) is 12.2. The van der Waals surface area contributed by atoms with Gasteiger partial charge in [-0.3, -0.25) is 4.79 Å². The average molecular weight is 459 g/mol. The van der Waals surface area contributed by atoms with Crippen molar-refractivity contribution >= 4 is 5.97 Å². The van der Waals surface area contributed by atoms with Crippen molar-refractivity contribution in [3.63, 3.8) is 0 Å². The van der Waals surface area contributed by atoms with Crippen molar-refractivity contribution in [1.29, 1.82) is 0 Å². The number of carbonyl (C=O) groups excluding carboxylic acids is 1. The van der Waals surface area contributed by atoms with E-state index in [1.807, 2.05) is 0 Å². The highest BCUT2D eigenvalue weighted by atomic mass is 16.5. The number of ether oxygens (including phenoxy) is 1. The Balaban J connectivity index is 1.54. The Morgan fingerprint density at radius 2 is 1.85 bits per heavy atom. The highest BCUT2D eigenvalue weighted by Crippen LogP contribution is 2.69. The third-order valence-corrected chi connectivity index (χ3v) is 10.9. The summed E-state index contributed by atoms with van der Waals surface area (Å²) < 4.78 is 5.20.